The molecule has 0 spiro atoms. The Morgan fingerprint density at radius 2 is 1.19 bits per heavy atom. The molecule has 12 heteroatoms. The standard InChI is InChI=1S/C40H43N3O9/c1-26-33(45-22-27-14-6-2-7-15-27)36(46-23-28-16-8-3-9-17-28)37(47-24-29-18-10-4-11-19-29)40(49-26)52-35-32(42-43-41)38(44)50-31-25-48-39(51-34(31)35)30-20-12-5-13-21-30/h2-21,26,31-40,44H,22-25H2,1H3/t26-,31-,32-,33+,34-,35-,36+,37-,38?,39?,40-/m1/s1. The second-order valence-electron chi connectivity index (χ2n) is 13.0. The van der Waals surface area contributed by atoms with E-state index < -0.39 is 67.6 Å². The molecule has 3 aliphatic heterocycles. The summed E-state index contributed by atoms with van der Waals surface area (Å²) >= 11 is 0. The average molecular weight is 710 g/mol. The predicted molar refractivity (Wildman–Crippen MR) is 188 cm³/mol. The molecule has 0 aliphatic carbocycles. The van der Waals surface area contributed by atoms with Crippen LogP contribution in [0, 0.1) is 0 Å². The minimum atomic E-state index is -1.49. The van der Waals surface area contributed by atoms with Crippen LogP contribution in [0.15, 0.2) is 126 Å². The van der Waals surface area contributed by atoms with E-state index in [4.69, 9.17) is 37.9 Å². The zero-order valence-corrected chi connectivity index (χ0v) is 28.8. The molecule has 12 nitrogen and oxygen atoms in total. The number of ether oxygens (including phenoxy) is 8. The molecule has 52 heavy (non-hydrogen) atoms. The molecule has 3 saturated heterocycles. The number of aliphatic hydroxyl groups excluding tert-OH is 1. The van der Waals surface area contributed by atoms with E-state index in [1.54, 1.807) is 0 Å². The molecule has 0 radical (unpaired) electrons. The van der Waals surface area contributed by atoms with E-state index in [1.165, 1.54) is 0 Å². The van der Waals surface area contributed by atoms with Crippen molar-refractivity contribution >= 4 is 0 Å². The lowest BCUT2D eigenvalue weighted by Gasteiger charge is -2.50. The fraction of sp³-hybridized carbons (Fsp3) is 0.400. The molecule has 2 unspecified atom stereocenters. The maximum Gasteiger partial charge on any atom is 0.187 e. The number of nitrogens with zero attached hydrogens (tertiary/aromatic N) is 3. The molecule has 11 atom stereocenters. The predicted octanol–water partition coefficient (Wildman–Crippen LogP) is 6.38. The van der Waals surface area contributed by atoms with Crippen LogP contribution in [0.1, 0.15) is 35.5 Å². The molecule has 0 saturated carbocycles. The van der Waals surface area contributed by atoms with Gasteiger partial charge in [0.1, 0.15) is 42.7 Å². The fourth-order valence-electron chi connectivity index (χ4n) is 6.83. The van der Waals surface area contributed by atoms with E-state index in [9.17, 15) is 10.6 Å². The van der Waals surface area contributed by atoms with Crippen molar-refractivity contribution in [1.29, 1.82) is 0 Å². The Kier molecular flexibility index (Phi) is 12.2. The Morgan fingerprint density at radius 1 is 0.673 bits per heavy atom. The van der Waals surface area contributed by atoms with E-state index >= 15 is 0 Å². The molecule has 3 aliphatic rings. The average Bonchev–Trinajstić information content (AvgIpc) is 3.19. The zero-order chi connectivity index (χ0) is 35.7. The maximum absolute atomic E-state index is 11.1. The highest BCUT2D eigenvalue weighted by atomic mass is 16.8. The van der Waals surface area contributed by atoms with Crippen molar-refractivity contribution < 1.29 is 43.0 Å². The molecule has 4 aromatic rings. The van der Waals surface area contributed by atoms with Crippen LogP contribution in [0.2, 0.25) is 0 Å². The number of hydrogen-bond donors (Lipinski definition) is 1. The lowest BCUT2D eigenvalue weighted by Crippen LogP contribution is -2.66. The monoisotopic (exact) mass is 709 g/mol. The molecule has 3 fully saturated rings. The van der Waals surface area contributed by atoms with Gasteiger partial charge in [-0.15, -0.1) is 0 Å². The van der Waals surface area contributed by atoms with E-state index in [1.807, 2.05) is 128 Å². The van der Waals surface area contributed by atoms with Gasteiger partial charge in [0.05, 0.1) is 32.5 Å². The Hall–Kier alpha value is -4.17. The van der Waals surface area contributed by atoms with E-state index in [-0.39, 0.29) is 19.8 Å². The zero-order valence-electron chi connectivity index (χ0n) is 28.8. The third-order valence-corrected chi connectivity index (χ3v) is 9.46. The topological polar surface area (TPSA) is 143 Å². The summed E-state index contributed by atoms with van der Waals surface area (Å²) < 4.78 is 51.8. The summed E-state index contributed by atoms with van der Waals surface area (Å²) in [7, 11) is 0. The minimum absolute atomic E-state index is 0.109. The van der Waals surface area contributed by atoms with Crippen molar-refractivity contribution in [3.05, 3.63) is 154 Å². The first-order valence-corrected chi connectivity index (χ1v) is 17.5. The van der Waals surface area contributed by atoms with Gasteiger partial charge < -0.3 is 43.0 Å². The van der Waals surface area contributed by atoms with Crippen LogP contribution >= 0.6 is 0 Å². The number of rotatable bonds is 13. The largest absolute Gasteiger partial charge is 0.368 e. The highest BCUT2D eigenvalue weighted by Gasteiger charge is 2.54. The van der Waals surface area contributed by atoms with Crippen LogP contribution in [-0.2, 0) is 57.7 Å². The number of benzene rings is 4. The van der Waals surface area contributed by atoms with E-state index in [0.717, 1.165) is 22.3 Å². The van der Waals surface area contributed by atoms with Crippen LogP contribution < -0.4 is 0 Å². The molecule has 3 heterocycles. The Bertz CT molecular complexity index is 1720. The first-order valence-electron chi connectivity index (χ1n) is 17.5. The maximum atomic E-state index is 11.1. The molecular weight excluding hydrogens is 666 g/mol. The Morgan fingerprint density at radius 3 is 1.75 bits per heavy atom. The van der Waals surface area contributed by atoms with Crippen molar-refractivity contribution in [2.45, 2.75) is 94.4 Å². The van der Waals surface area contributed by atoms with Crippen molar-refractivity contribution in [2.24, 2.45) is 5.11 Å². The van der Waals surface area contributed by atoms with Gasteiger partial charge in [0.2, 0.25) is 0 Å². The first kappa shape index (κ1) is 36.2. The summed E-state index contributed by atoms with van der Waals surface area (Å²) in [5.41, 5.74) is 13.3. The molecule has 4 aromatic carbocycles. The second kappa shape index (κ2) is 17.6. The third-order valence-electron chi connectivity index (χ3n) is 9.46. The van der Waals surface area contributed by atoms with Crippen LogP contribution in [0.4, 0.5) is 0 Å². The van der Waals surface area contributed by atoms with E-state index in [0.29, 0.717) is 6.61 Å². The van der Waals surface area contributed by atoms with E-state index in [2.05, 4.69) is 10.0 Å². The number of hydrogen-bond acceptors (Lipinski definition) is 10. The van der Waals surface area contributed by atoms with Crippen LogP contribution in [0.25, 0.3) is 10.4 Å². The fourth-order valence-corrected chi connectivity index (χ4v) is 6.83. The number of azide groups is 1. The summed E-state index contributed by atoms with van der Waals surface area (Å²) in [5, 5.41) is 15.0. The second-order valence-corrected chi connectivity index (χ2v) is 13.0. The lowest BCUT2D eigenvalue weighted by atomic mass is 9.95. The Balaban J connectivity index is 1.21. The van der Waals surface area contributed by atoms with Gasteiger partial charge in [-0.05, 0) is 29.1 Å². The third kappa shape index (κ3) is 8.71. The van der Waals surface area contributed by atoms with Gasteiger partial charge in [-0.3, -0.25) is 0 Å². The van der Waals surface area contributed by atoms with Gasteiger partial charge in [-0.25, -0.2) is 0 Å². The van der Waals surface area contributed by atoms with Gasteiger partial charge in [-0.2, -0.15) is 0 Å². The molecule has 1 N–H and O–H groups in total. The molecule has 0 bridgehead atoms. The Labute approximate surface area is 302 Å². The van der Waals surface area contributed by atoms with Crippen molar-refractivity contribution in [3.8, 4) is 0 Å². The molecule has 0 aromatic heterocycles. The quantitative estimate of drug-likeness (QED) is 0.0950. The highest BCUT2D eigenvalue weighted by molar-refractivity contribution is 5.18. The van der Waals surface area contributed by atoms with Gasteiger partial charge >= 0.3 is 0 Å². The SMILES string of the molecule is C[C@H]1O[C@H](O[C@H]2[C@@H]3OC(c4ccccc4)OC[C@H]3OC(O)[C@@H]2N=[N+]=[N-])[C@H](OCc2ccccc2)[C@@H](OCc2ccccc2)[C@H]1OCc1ccccc1. The summed E-state index contributed by atoms with van der Waals surface area (Å²) in [6, 6.07) is 37.9. The highest BCUT2D eigenvalue weighted by Crippen LogP contribution is 2.39. The minimum Gasteiger partial charge on any atom is -0.368 e. The van der Waals surface area contributed by atoms with Gasteiger partial charge in [0.15, 0.2) is 18.9 Å². The van der Waals surface area contributed by atoms with Crippen LogP contribution in [-0.4, -0.2) is 73.1 Å². The summed E-state index contributed by atoms with van der Waals surface area (Å²) in [5.74, 6) is 0. The first-order chi connectivity index (χ1) is 25.6. The van der Waals surface area contributed by atoms with Crippen LogP contribution in [0.3, 0.4) is 0 Å². The number of fused-ring (bicyclic) bond motifs is 1. The van der Waals surface area contributed by atoms with Crippen molar-refractivity contribution in [3.63, 3.8) is 0 Å². The molecule has 7 rings (SSSR count). The summed E-state index contributed by atoms with van der Waals surface area (Å²) in [6.07, 6.45) is -8.44. The number of aliphatic hydroxyl groups is 1. The van der Waals surface area contributed by atoms with Crippen molar-refractivity contribution in [2.75, 3.05) is 6.61 Å². The van der Waals surface area contributed by atoms with Crippen molar-refractivity contribution in [1.82, 2.24) is 0 Å². The van der Waals surface area contributed by atoms with Crippen LogP contribution in [0.5, 0.6) is 0 Å². The van der Waals surface area contributed by atoms with Gasteiger partial charge in [-0.1, -0.05) is 126 Å². The molecular formula is C40H43N3O9. The smallest absolute Gasteiger partial charge is 0.187 e. The summed E-state index contributed by atoms with van der Waals surface area (Å²) in [4.78, 5) is 3.02. The lowest BCUT2D eigenvalue weighted by molar-refractivity contribution is -0.377. The van der Waals surface area contributed by atoms with Gasteiger partial charge in [0.25, 0.3) is 0 Å². The molecule has 0 amide bonds. The normalized spacial score (nSPS) is 31.6. The summed E-state index contributed by atoms with van der Waals surface area (Å²) in [6.45, 7) is 2.84. The van der Waals surface area contributed by atoms with Gasteiger partial charge in [0, 0.05) is 10.5 Å². The molecule has 272 valence electrons.